The topological polar surface area (TPSA) is 64.1 Å². The van der Waals surface area contributed by atoms with E-state index in [2.05, 4.69) is 15.3 Å². The number of nitrogens with one attached hydrogen (secondary N) is 1. The molecule has 0 aliphatic heterocycles. The van der Waals surface area contributed by atoms with Crippen LogP contribution in [0.3, 0.4) is 0 Å². The average Bonchev–Trinajstić information content (AvgIpc) is 3.19. The first-order valence-corrected chi connectivity index (χ1v) is 10.6. The number of carbonyl (C=O) groups is 1. The maximum absolute atomic E-state index is 13.7. The summed E-state index contributed by atoms with van der Waals surface area (Å²) in [6.07, 6.45) is 1.49. The lowest BCUT2D eigenvalue weighted by atomic mass is 10.1. The summed E-state index contributed by atoms with van der Waals surface area (Å²) in [6, 6.07) is 13.8. The van der Waals surface area contributed by atoms with Crippen LogP contribution in [0.25, 0.3) is 21.3 Å². The Bertz CT molecular complexity index is 1160. The van der Waals surface area contributed by atoms with Crippen molar-refractivity contribution < 1.29 is 13.9 Å². The van der Waals surface area contributed by atoms with E-state index in [1.807, 2.05) is 29.6 Å². The third-order valence-electron chi connectivity index (χ3n) is 4.22. The van der Waals surface area contributed by atoms with E-state index in [9.17, 15) is 9.18 Å². The minimum absolute atomic E-state index is 0.109. The first-order valence-electron chi connectivity index (χ1n) is 8.69. The van der Waals surface area contributed by atoms with E-state index in [0.717, 1.165) is 27.1 Å². The highest BCUT2D eigenvalue weighted by molar-refractivity contribution is 8.00. The molecule has 0 bridgehead atoms. The van der Waals surface area contributed by atoms with Crippen molar-refractivity contribution in [2.45, 2.75) is 5.03 Å². The second-order valence-corrected chi connectivity index (χ2v) is 7.88. The van der Waals surface area contributed by atoms with Crippen LogP contribution >= 0.6 is 23.1 Å². The molecule has 0 fully saturated rings. The Kier molecular flexibility index (Phi) is 5.73. The van der Waals surface area contributed by atoms with Gasteiger partial charge in [-0.05, 0) is 29.8 Å². The molecule has 2 heterocycles. The molecular weight excluding hydrogens is 409 g/mol. The van der Waals surface area contributed by atoms with Gasteiger partial charge in [-0.15, -0.1) is 11.3 Å². The van der Waals surface area contributed by atoms with Gasteiger partial charge in [0.25, 0.3) is 0 Å². The van der Waals surface area contributed by atoms with E-state index < -0.39 is 5.82 Å². The molecule has 1 amide bonds. The first-order chi connectivity index (χ1) is 14.2. The highest BCUT2D eigenvalue weighted by Gasteiger charge is 2.15. The second kappa shape index (κ2) is 8.59. The van der Waals surface area contributed by atoms with E-state index in [4.69, 9.17) is 4.74 Å². The van der Waals surface area contributed by atoms with Gasteiger partial charge in [0.05, 0.1) is 23.9 Å². The molecule has 4 aromatic rings. The Balaban J connectivity index is 1.56. The number of rotatable bonds is 6. The summed E-state index contributed by atoms with van der Waals surface area (Å²) in [5.41, 5.74) is 2.19. The number of carbonyl (C=O) groups excluding carboxylic acids is 1. The Morgan fingerprint density at radius 1 is 1.17 bits per heavy atom. The number of fused-ring (bicyclic) bond motifs is 1. The summed E-state index contributed by atoms with van der Waals surface area (Å²) >= 11 is 2.83. The van der Waals surface area contributed by atoms with Crippen LogP contribution in [-0.4, -0.2) is 28.7 Å². The quantitative estimate of drug-likeness (QED) is 0.338. The summed E-state index contributed by atoms with van der Waals surface area (Å²) < 4.78 is 18.9. The van der Waals surface area contributed by atoms with E-state index >= 15 is 0 Å². The van der Waals surface area contributed by atoms with E-state index in [0.29, 0.717) is 5.03 Å². The molecule has 146 valence electrons. The van der Waals surface area contributed by atoms with Crippen molar-refractivity contribution in [2.24, 2.45) is 0 Å². The number of thioether (sulfide) groups is 1. The van der Waals surface area contributed by atoms with E-state index in [-0.39, 0.29) is 17.3 Å². The molecule has 0 aliphatic rings. The smallest absolute Gasteiger partial charge is 0.234 e. The van der Waals surface area contributed by atoms with Gasteiger partial charge < -0.3 is 10.1 Å². The van der Waals surface area contributed by atoms with E-state index in [1.54, 1.807) is 19.2 Å². The van der Waals surface area contributed by atoms with Gasteiger partial charge in [0.15, 0.2) is 0 Å². The molecule has 0 radical (unpaired) electrons. The molecule has 8 heteroatoms. The Labute approximate surface area is 175 Å². The zero-order chi connectivity index (χ0) is 20.2. The van der Waals surface area contributed by atoms with Crippen molar-refractivity contribution in [3.05, 3.63) is 66.1 Å². The molecule has 1 N–H and O–H groups in total. The van der Waals surface area contributed by atoms with Gasteiger partial charge in [0.2, 0.25) is 5.91 Å². The Hall–Kier alpha value is -2.97. The first kappa shape index (κ1) is 19.4. The number of para-hydroxylation sites is 1. The van der Waals surface area contributed by atoms with Crippen LogP contribution in [0.2, 0.25) is 0 Å². The van der Waals surface area contributed by atoms with Crippen molar-refractivity contribution in [2.75, 3.05) is 18.2 Å². The summed E-state index contributed by atoms with van der Waals surface area (Å²) in [5.74, 6) is 0.130. The minimum Gasteiger partial charge on any atom is -0.497 e. The third kappa shape index (κ3) is 4.23. The number of aromatic nitrogens is 2. The molecule has 0 spiro atoms. The Morgan fingerprint density at radius 2 is 1.97 bits per heavy atom. The van der Waals surface area contributed by atoms with Crippen molar-refractivity contribution in [3.8, 4) is 16.9 Å². The van der Waals surface area contributed by atoms with Crippen LogP contribution < -0.4 is 10.1 Å². The van der Waals surface area contributed by atoms with Gasteiger partial charge in [0.1, 0.15) is 27.8 Å². The highest BCUT2D eigenvalue weighted by atomic mass is 32.2. The zero-order valence-corrected chi connectivity index (χ0v) is 17.0. The lowest BCUT2D eigenvalue weighted by Crippen LogP contribution is -2.15. The fourth-order valence-corrected chi connectivity index (χ4v) is 4.62. The van der Waals surface area contributed by atoms with Crippen molar-refractivity contribution in [1.29, 1.82) is 0 Å². The fourth-order valence-electron chi connectivity index (χ4n) is 2.82. The fraction of sp³-hybridized carbons (Fsp3) is 0.0952. The predicted octanol–water partition coefficient (Wildman–Crippen LogP) is 5.24. The summed E-state index contributed by atoms with van der Waals surface area (Å²) in [6.45, 7) is 0. The number of thiophene rings is 1. The highest BCUT2D eigenvalue weighted by Crippen LogP contribution is 2.38. The summed E-state index contributed by atoms with van der Waals surface area (Å²) in [5, 5.41) is 6.25. The van der Waals surface area contributed by atoms with Crippen molar-refractivity contribution in [1.82, 2.24) is 9.97 Å². The second-order valence-electron chi connectivity index (χ2n) is 6.05. The van der Waals surface area contributed by atoms with Crippen LogP contribution in [0.15, 0.2) is 65.3 Å². The standard InChI is InChI=1S/C21H16FN3O2S2/c1-27-14-8-6-13(7-9-14)15-10-28-20-19(15)21(24-12-23-20)29-11-18(26)25-17-5-3-2-4-16(17)22/h2-10,12H,11H2,1H3,(H,25,26). The molecule has 4 rings (SSSR count). The monoisotopic (exact) mass is 425 g/mol. The van der Waals surface area contributed by atoms with Gasteiger partial charge in [-0.3, -0.25) is 4.79 Å². The number of benzene rings is 2. The van der Waals surface area contributed by atoms with Gasteiger partial charge in [-0.25, -0.2) is 14.4 Å². The number of anilines is 1. The zero-order valence-electron chi connectivity index (χ0n) is 15.4. The van der Waals surface area contributed by atoms with Gasteiger partial charge in [0, 0.05) is 10.9 Å². The molecule has 29 heavy (non-hydrogen) atoms. The number of hydrogen-bond acceptors (Lipinski definition) is 6. The average molecular weight is 426 g/mol. The molecule has 0 aliphatic carbocycles. The summed E-state index contributed by atoms with van der Waals surface area (Å²) in [7, 11) is 1.63. The molecule has 0 saturated carbocycles. The van der Waals surface area contributed by atoms with E-state index in [1.165, 1.54) is 41.6 Å². The number of hydrogen-bond donors (Lipinski definition) is 1. The Morgan fingerprint density at radius 3 is 2.72 bits per heavy atom. The lowest BCUT2D eigenvalue weighted by molar-refractivity contribution is -0.113. The van der Waals surface area contributed by atoms with Gasteiger partial charge in [-0.1, -0.05) is 36.0 Å². The number of halogens is 1. The molecule has 0 atom stereocenters. The maximum atomic E-state index is 13.7. The third-order valence-corrected chi connectivity index (χ3v) is 6.10. The van der Waals surface area contributed by atoms with Crippen LogP contribution in [0.4, 0.5) is 10.1 Å². The molecule has 2 aromatic carbocycles. The lowest BCUT2D eigenvalue weighted by Gasteiger charge is -2.07. The number of ether oxygens (including phenoxy) is 1. The number of amides is 1. The van der Waals surface area contributed by atoms with Crippen molar-refractivity contribution >= 4 is 44.9 Å². The van der Waals surface area contributed by atoms with Crippen LogP contribution in [0.1, 0.15) is 0 Å². The van der Waals surface area contributed by atoms with Crippen LogP contribution in [0, 0.1) is 5.82 Å². The summed E-state index contributed by atoms with van der Waals surface area (Å²) in [4.78, 5) is 21.9. The molecule has 0 unspecified atom stereocenters. The van der Waals surface area contributed by atoms with Gasteiger partial charge in [-0.2, -0.15) is 0 Å². The largest absolute Gasteiger partial charge is 0.497 e. The van der Waals surface area contributed by atoms with Crippen molar-refractivity contribution in [3.63, 3.8) is 0 Å². The molecular formula is C21H16FN3O2S2. The minimum atomic E-state index is -0.463. The SMILES string of the molecule is COc1ccc(-c2csc3ncnc(SCC(=O)Nc4ccccc4F)c23)cc1. The number of methoxy groups -OCH3 is 1. The van der Waals surface area contributed by atoms with Gasteiger partial charge >= 0.3 is 0 Å². The molecule has 2 aromatic heterocycles. The predicted molar refractivity (Wildman–Crippen MR) is 115 cm³/mol. The van der Waals surface area contributed by atoms with Crippen LogP contribution in [0.5, 0.6) is 5.75 Å². The molecule has 5 nitrogen and oxygen atoms in total. The molecule has 0 saturated heterocycles. The number of nitrogens with zero attached hydrogens (tertiary/aromatic N) is 2. The maximum Gasteiger partial charge on any atom is 0.234 e. The normalized spacial score (nSPS) is 10.8. The van der Waals surface area contributed by atoms with Crippen LogP contribution in [-0.2, 0) is 4.79 Å².